The molecule has 0 saturated carbocycles. The average Bonchev–Trinajstić information content (AvgIpc) is 2.16. The van der Waals surface area contributed by atoms with Crippen LogP contribution in [0.1, 0.15) is 10.4 Å². The van der Waals surface area contributed by atoms with Crippen molar-refractivity contribution in [3.63, 3.8) is 0 Å². The Morgan fingerprint density at radius 1 is 1.60 bits per heavy atom. The van der Waals surface area contributed by atoms with Gasteiger partial charge in [-0.15, -0.1) is 11.6 Å². The van der Waals surface area contributed by atoms with Crippen molar-refractivity contribution in [2.45, 2.75) is 0 Å². The number of halogens is 1. The number of phenolic OH excluding ortho intramolecular Hbond substituents is 1. The summed E-state index contributed by atoms with van der Waals surface area (Å²) < 4.78 is 0. The maximum absolute atomic E-state index is 11.2. The second-order valence-corrected chi connectivity index (χ2v) is 3.01. The summed E-state index contributed by atoms with van der Waals surface area (Å²) in [4.78, 5) is 20.9. The first-order valence-corrected chi connectivity index (χ1v) is 4.37. The number of nitrogens with two attached hydrogens (primary N) is 1. The van der Waals surface area contributed by atoms with E-state index >= 15 is 0 Å². The molecule has 0 fully saturated rings. The summed E-state index contributed by atoms with van der Waals surface area (Å²) in [5.74, 6) is -1.38. The van der Waals surface area contributed by atoms with E-state index in [1.54, 1.807) is 0 Å². The molecule has 7 heteroatoms. The molecule has 0 saturated heterocycles. The number of ketones is 1. The summed E-state index contributed by atoms with van der Waals surface area (Å²) in [7, 11) is 0. The molecule has 0 spiro atoms. The molecule has 1 aromatic rings. The van der Waals surface area contributed by atoms with Gasteiger partial charge >= 0.3 is 0 Å². The number of nitro groups is 1. The van der Waals surface area contributed by atoms with Gasteiger partial charge in [0, 0.05) is 12.1 Å². The van der Waals surface area contributed by atoms with Gasteiger partial charge in [-0.3, -0.25) is 14.9 Å². The fraction of sp³-hybridized carbons (Fsp3) is 0.125. The smallest absolute Gasteiger partial charge is 0.293 e. The predicted molar refractivity (Wildman–Crippen MR) is 54.2 cm³/mol. The van der Waals surface area contributed by atoms with Crippen molar-refractivity contribution < 1.29 is 14.8 Å². The second-order valence-electron chi connectivity index (χ2n) is 2.74. The normalized spacial score (nSPS) is 9.93. The second kappa shape index (κ2) is 4.14. The number of Topliss-reactive ketones (excluding diaryl/α,β-unsaturated/α-hetero) is 1. The van der Waals surface area contributed by atoms with Gasteiger partial charge in [-0.05, 0) is 0 Å². The highest BCUT2D eigenvalue weighted by Gasteiger charge is 2.19. The van der Waals surface area contributed by atoms with Gasteiger partial charge in [-0.1, -0.05) is 0 Å². The van der Waals surface area contributed by atoms with Crippen LogP contribution in [0.25, 0.3) is 0 Å². The molecular formula is C8H7ClN2O4. The Labute approximate surface area is 89.4 Å². The van der Waals surface area contributed by atoms with E-state index in [1.807, 2.05) is 0 Å². The Morgan fingerprint density at radius 3 is 2.67 bits per heavy atom. The number of hydrogen-bond acceptors (Lipinski definition) is 5. The van der Waals surface area contributed by atoms with E-state index < -0.39 is 22.1 Å². The van der Waals surface area contributed by atoms with Gasteiger partial charge in [0.1, 0.15) is 11.4 Å². The highest BCUT2D eigenvalue weighted by Crippen LogP contribution is 2.30. The third-order valence-electron chi connectivity index (χ3n) is 1.76. The molecule has 0 aliphatic carbocycles. The first-order valence-electron chi connectivity index (χ1n) is 3.83. The Morgan fingerprint density at radius 2 is 2.20 bits per heavy atom. The van der Waals surface area contributed by atoms with E-state index in [4.69, 9.17) is 17.3 Å². The summed E-state index contributed by atoms with van der Waals surface area (Å²) >= 11 is 5.27. The highest BCUT2D eigenvalue weighted by molar-refractivity contribution is 6.30. The number of nitrogens with zero attached hydrogens (tertiary/aromatic N) is 1. The molecule has 0 radical (unpaired) electrons. The van der Waals surface area contributed by atoms with Crippen molar-refractivity contribution in [2.24, 2.45) is 0 Å². The van der Waals surface area contributed by atoms with Gasteiger partial charge < -0.3 is 10.8 Å². The fourth-order valence-corrected chi connectivity index (χ4v) is 1.19. The van der Waals surface area contributed by atoms with Crippen LogP contribution in [0.2, 0.25) is 0 Å². The number of carbonyl (C=O) groups excluding carboxylic acids is 1. The van der Waals surface area contributed by atoms with Gasteiger partial charge in [0.05, 0.1) is 16.4 Å². The molecule has 3 N–H and O–H groups in total. The molecule has 0 unspecified atom stereocenters. The van der Waals surface area contributed by atoms with Crippen LogP contribution in [0.5, 0.6) is 5.75 Å². The van der Waals surface area contributed by atoms with E-state index in [9.17, 15) is 20.0 Å². The van der Waals surface area contributed by atoms with E-state index in [0.29, 0.717) is 0 Å². The lowest BCUT2D eigenvalue weighted by Crippen LogP contribution is -2.04. The molecule has 15 heavy (non-hydrogen) atoms. The Kier molecular flexibility index (Phi) is 3.11. The lowest BCUT2D eigenvalue weighted by Gasteiger charge is -2.03. The maximum atomic E-state index is 11.2. The number of hydrogen-bond donors (Lipinski definition) is 2. The van der Waals surface area contributed by atoms with Crippen LogP contribution in [0, 0.1) is 10.1 Å². The molecule has 1 rings (SSSR count). The van der Waals surface area contributed by atoms with Crippen LogP contribution < -0.4 is 5.73 Å². The van der Waals surface area contributed by atoms with Crippen molar-refractivity contribution in [1.82, 2.24) is 0 Å². The number of benzene rings is 1. The number of aromatic hydroxyl groups is 1. The fourth-order valence-electron chi connectivity index (χ4n) is 1.05. The quantitative estimate of drug-likeness (QED) is 0.268. The van der Waals surface area contributed by atoms with Gasteiger partial charge in [0.2, 0.25) is 0 Å². The molecule has 0 aliphatic heterocycles. The zero-order valence-corrected chi connectivity index (χ0v) is 8.19. The zero-order valence-electron chi connectivity index (χ0n) is 7.44. The summed E-state index contributed by atoms with van der Waals surface area (Å²) in [6, 6.07) is 1.87. The molecular weight excluding hydrogens is 224 g/mol. The predicted octanol–water partition coefficient (Wildman–Crippen LogP) is 1.30. The lowest BCUT2D eigenvalue weighted by molar-refractivity contribution is -0.383. The van der Waals surface area contributed by atoms with Gasteiger partial charge in [0.25, 0.3) is 5.69 Å². The van der Waals surface area contributed by atoms with Crippen LogP contribution in [-0.4, -0.2) is 21.7 Å². The number of nitro benzene ring substituents is 1. The van der Waals surface area contributed by atoms with Crippen molar-refractivity contribution in [3.8, 4) is 5.75 Å². The molecule has 0 amide bonds. The minimum atomic E-state index is -0.736. The van der Waals surface area contributed by atoms with E-state index in [-0.39, 0.29) is 17.1 Å². The Hall–Kier alpha value is -1.82. The van der Waals surface area contributed by atoms with Crippen LogP contribution in [-0.2, 0) is 0 Å². The van der Waals surface area contributed by atoms with Crippen LogP contribution in [0.15, 0.2) is 12.1 Å². The Bertz CT molecular complexity index is 433. The van der Waals surface area contributed by atoms with Crippen LogP contribution in [0.3, 0.4) is 0 Å². The monoisotopic (exact) mass is 230 g/mol. The number of anilines is 1. The summed E-state index contributed by atoms with van der Waals surface area (Å²) in [6.45, 7) is 0. The summed E-state index contributed by atoms with van der Waals surface area (Å²) in [6.07, 6.45) is 0. The molecule has 0 aliphatic rings. The minimum absolute atomic E-state index is 0.203. The van der Waals surface area contributed by atoms with E-state index in [1.165, 1.54) is 0 Å². The van der Waals surface area contributed by atoms with Crippen molar-refractivity contribution in [1.29, 1.82) is 0 Å². The van der Waals surface area contributed by atoms with Crippen molar-refractivity contribution in [2.75, 3.05) is 11.6 Å². The first-order chi connectivity index (χ1) is 6.97. The minimum Gasteiger partial charge on any atom is -0.507 e. The Balaban J connectivity index is 3.36. The van der Waals surface area contributed by atoms with Gasteiger partial charge in [-0.25, -0.2) is 0 Å². The zero-order chi connectivity index (χ0) is 11.6. The topological polar surface area (TPSA) is 106 Å². The van der Waals surface area contributed by atoms with Crippen LogP contribution in [0.4, 0.5) is 11.4 Å². The molecule has 0 heterocycles. The number of nitrogen functional groups attached to an aromatic ring is 1. The molecule has 0 aromatic heterocycles. The molecule has 0 bridgehead atoms. The summed E-state index contributed by atoms with van der Waals surface area (Å²) in [5, 5.41) is 19.8. The third kappa shape index (κ3) is 2.16. The lowest BCUT2D eigenvalue weighted by atomic mass is 10.1. The number of carbonyl (C=O) groups is 1. The summed E-state index contributed by atoms with van der Waals surface area (Å²) in [5.41, 5.74) is 4.45. The van der Waals surface area contributed by atoms with Gasteiger partial charge in [-0.2, -0.15) is 0 Å². The van der Waals surface area contributed by atoms with Crippen molar-refractivity contribution >= 4 is 28.8 Å². The average molecular weight is 231 g/mol. The highest BCUT2D eigenvalue weighted by atomic mass is 35.5. The molecule has 1 aromatic carbocycles. The maximum Gasteiger partial charge on any atom is 0.293 e. The standard InChI is InChI=1S/C8H7ClN2O4/c9-3-8(13)4-1-6(11(14)15)5(10)2-7(4)12/h1-2,12H,3,10H2. The van der Waals surface area contributed by atoms with E-state index in [0.717, 1.165) is 12.1 Å². The van der Waals surface area contributed by atoms with E-state index in [2.05, 4.69) is 0 Å². The first kappa shape index (κ1) is 11.3. The third-order valence-corrected chi connectivity index (χ3v) is 2.01. The van der Waals surface area contributed by atoms with Crippen molar-refractivity contribution in [3.05, 3.63) is 27.8 Å². The largest absolute Gasteiger partial charge is 0.507 e. The number of rotatable bonds is 3. The number of alkyl halides is 1. The number of phenols is 1. The molecule has 0 atom stereocenters. The molecule has 6 nitrogen and oxygen atoms in total. The SMILES string of the molecule is Nc1cc(O)c(C(=O)CCl)cc1[N+](=O)[O-]. The van der Waals surface area contributed by atoms with Crippen LogP contribution >= 0.6 is 11.6 Å². The van der Waals surface area contributed by atoms with Gasteiger partial charge in [0.15, 0.2) is 5.78 Å². The molecule has 80 valence electrons.